The van der Waals surface area contributed by atoms with E-state index in [1.165, 1.54) is 4.90 Å². The SMILES string of the molecule is CCc1cccc(C(=O)N2CC(F)(F)C2)c1. The zero-order valence-electron chi connectivity index (χ0n) is 9.04. The normalized spacial score (nSPS) is 18.1. The van der Waals surface area contributed by atoms with Crippen molar-refractivity contribution in [1.29, 1.82) is 0 Å². The van der Waals surface area contributed by atoms with E-state index in [0.717, 1.165) is 12.0 Å². The van der Waals surface area contributed by atoms with E-state index in [4.69, 9.17) is 0 Å². The molecule has 1 amide bonds. The van der Waals surface area contributed by atoms with Gasteiger partial charge in [-0.05, 0) is 24.1 Å². The Morgan fingerprint density at radius 1 is 1.44 bits per heavy atom. The van der Waals surface area contributed by atoms with E-state index in [2.05, 4.69) is 0 Å². The van der Waals surface area contributed by atoms with Crippen LogP contribution in [0.2, 0.25) is 0 Å². The molecular formula is C12H13F2NO. The molecule has 4 heteroatoms. The van der Waals surface area contributed by atoms with Gasteiger partial charge in [0.15, 0.2) is 0 Å². The molecule has 1 saturated heterocycles. The molecule has 0 spiro atoms. The maximum Gasteiger partial charge on any atom is 0.282 e. The van der Waals surface area contributed by atoms with Crippen molar-refractivity contribution < 1.29 is 13.6 Å². The van der Waals surface area contributed by atoms with E-state index in [0.29, 0.717) is 5.56 Å². The van der Waals surface area contributed by atoms with Crippen LogP contribution in [0.5, 0.6) is 0 Å². The largest absolute Gasteiger partial charge is 0.326 e. The quantitative estimate of drug-likeness (QED) is 0.756. The highest BCUT2D eigenvalue weighted by atomic mass is 19.3. The van der Waals surface area contributed by atoms with Gasteiger partial charge in [0.05, 0.1) is 13.1 Å². The first-order valence-electron chi connectivity index (χ1n) is 5.28. The molecule has 16 heavy (non-hydrogen) atoms. The monoisotopic (exact) mass is 225 g/mol. The van der Waals surface area contributed by atoms with E-state index in [1.807, 2.05) is 13.0 Å². The van der Waals surface area contributed by atoms with E-state index < -0.39 is 19.0 Å². The number of amides is 1. The zero-order valence-corrected chi connectivity index (χ0v) is 9.04. The van der Waals surface area contributed by atoms with Gasteiger partial charge in [-0.1, -0.05) is 19.1 Å². The molecule has 0 unspecified atom stereocenters. The van der Waals surface area contributed by atoms with Gasteiger partial charge in [0, 0.05) is 5.56 Å². The van der Waals surface area contributed by atoms with Gasteiger partial charge in [0.1, 0.15) is 0 Å². The van der Waals surface area contributed by atoms with Gasteiger partial charge < -0.3 is 4.90 Å². The third-order valence-electron chi connectivity index (χ3n) is 2.71. The summed E-state index contributed by atoms with van der Waals surface area (Å²) >= 11 is 0. The number of benzene rings is 1. The number of rotatable bonds is 2. The van der Waals surface area contributed by atoms with Crippen molar-refractivity contribution in [3.63, 3.8) is 0 Å². The van der Waals surface area contributed by atoms with Gasteiger partial charge in [0.25, 0.3) is 11.8 Å². The Balaban J connectivity index is 2.10. The molecule has 1 aliphatic heterocycles. The van der Waals surface area contributed by atoms with Crippen LogP contribution in [0.1, 0.15) is 22.8 Å². The summed E-state index contributed by atoms with van der Waals surface area (Å²) in [5.41, 5.74) is 1.54. The maximum absolute atomic E-state index is 12.6. The fourth-order valence-corrected chi connectivity index (χ4v) is 1.76. The van der Waals surface area contributed by atoms with Crippen LogP contribution < -0.4 is 0 Å². The Morgan fingerprint density at radius 2 is 2.12 bits per heavy atom. The Labute approximate surface area is 92.9 Å². The minimum absolute atomic E-state index is 0.304. The number of aryl methyl sites for hydroxylation is 1. The molecule has 0 saturated carbocycles. The highest BCUT2D eigenvalue weighted by Gasteiger charge is 2.46. The van der Waals surface area contributed by atoms with Crippen molar-refractivity contribution in [2.45, 2.75) is 19.3 Å². The van der Waals surface area contributed by atoms with Crippen molar-refractivity contribution in [3.05, 3.63) is 35.4 Å². The zero-order chi connectivity index (χ0) is 11.8. The first kappa shape index (κ1) is 11.0. The summed E-state index contributed by atoms with van der Waals surface area (Å²) in [6.07, 6.45) is 0.831. The molecule has 86 valence electrons. The van der Waals surface area contributed by atoms with Crippen LogP contribution in [0.25, 0.3) is 0 Å². The van der Waals surface area contributed by atoms with Crippen LogP contribution >= 0.6 is 0 Å². The average molecular weight is 225 g/mol. The van der Waals surface area contributed by atoms with Crippen molar-refractivity contribution in [2.75, 3.05) is 13.1 Å². The molecule has 1 fully saturated rings. The minimum atomic E-state index is -2.70. The summed E-state index contributed by atoms with van der Waals surface area (Å²) in [7, 11) is 0. The van der Waals surface area contributed by atoms with Crippen molar-refractivity contribution in [1.82, 2.24) is 4.90 Å². The Morgan fingerprint density at radius 3 is 2.69 bits per heavy atom. The predicted molar refractivity (Wildman–Crippen MR) is 56.7 cm³/mol. The van der Waals surface area contributed by atoms with Gasteiger partial charge in [-0.15, -0.1) is 0 Å². The number of halogens is 2. The molecule has 0 aliphatic carbocycles. The summed E-state index contributed by atoms with van der Waals surface area (Å²) in [6.45, 7) is 1.08. The van der Waals surface area contributed by atoms with Crippen LogP contribution in [-0.2, 0) is 6.42 Å². The lowest BCUT2D eigenvalue weighted by Crippen LogP contribution is -2.58. The summed E-state index contributed by atoms with van der Waals surface area (Å²) in [4.78, 5) is 13.0. The molecule has 1 aromatic carbocycles. The second-order valence-electron chi connectivity index (χ2n) is 4.07. The van der Waals surface area contributed by atoms with Crippen LogP contribution in [0.4, 0.5) is 8.78 Å². The van der Waals surface area contributed by atoms with Gasteiger partial charge in [-0.2, -0.15) is 0 Å². The third-order valence-corrected chi connectivity index (χ3v) is 2.71. The number of nitrogens with zero attached hydrogens (tertiary/aromatic N) is 1. The van der Waals surface area contributed by atoms with Gasteiger partial charge >= 0.3 is 0 Å². The number of likely N-dealkylation sites (tertiary alicyclic amines) is 1. The average Bonchev–Trinajstić information content (AvgIpc) is 2.25. The molecular weight excluding hydrogens is 212 g/mol. The second-order valence-corrected chi connectivity index (χ2v) is 4.07. The van der Waals surface area contributed by atoms with Crippen molar-refractivity contribution in [3.8, 4) is 0 Å². The van der Waals surface area contributed by atoms with E-state index >= 15 is 0 Å². The Hall–Kier alpha value is -1.45. The second kappa shape index (κ2) is 3.85. The predicted octanol–water partition coefficient (Wildman–Crippen LogP) is 2.34. The molecule has 1 aliphatic rings. The molecule has 1 heterocycles. The number of carbonyl (C=O) groups is 1. The molecule has 2 rings (SSSR count). The van der Waals surface area contributed by atoms with Crippen LogP contribution in [-0.4, -0.2) is 29.8 Å². The maximum atomic E-state index is 12.6. The molecule has 1 aromatic rings. The number of hydrogen-bond acceptors (Lipinski definition) is 1. The molecule has 0 bridgehead atoms. The van der Waals surface area contributed by atoms with Gasteiger partial charge in [0.2, 0.25) is 0 Å². The lowest BCUT2D eigenvalue weighted by atomic mass is 10.1. The van der Waals surface area contributed by atoms with E-state index in [-0.39, 0.29) is 5.91 Å². The summed E-state index contributed by atoms with van der Waals surface area (Å²) in [6, 6.07) is 7.13. The van der Waals surface area contributed by atoms with Crippen LogP contribution in [0.3, 0.4) is 0 Å². The standard InChI is InChI=1S/C12H13F2NO/c1-2-9-4-3-5-10(6-9)11(16)15-7-12(13,14)8-15/h3-6H,2,7-8H2,1H3. The van der Waals surface area contributed by atoms with Crippen LogP contribution in [0.15, 0.2) is 24.3 Å². The van der Waals surface area contributed by atoms with Crippen LogP contribution in [0, 0.1) is 0 Å². The molecule has 0 N–H and O–H groups in total. The Bertz CT molecular complexity index is 409. The topological polar surface area (TPSA) is 20.3 Å². The smallest absolute Gasteiger partial charge is 0.282 e. The van der Waals surface area contributed by atoms with E-state index in [1.54, 1.807) is 18.2 Å². The van der Waals surface area contributed by atoms with Crippen molar-refractivity contribution in [2.24, 2.45) is 0 Å². The lowest BCUT2D eigenvalue weighted by Gasteiger charge is -2.38. The summed E-state index contributed by atoms with van der Waals surface area (Å²) < 4.78 is 25.2. The molecule has 0 aromatic heterocycles. The van der Waals surface area contributed by atoms with Gasteiger partial charge in [-0.3, -0.25) is 4.79 Å². The van der Waals surface area contributed by atoms with Gasteiger partial charge in [-0.25, -0.2) is 8.78 Å². The Kier molecular flexibility index (Phi) is 2.66. The number of alkyl halides is 2. The lowest BCUT2D eigenvalue weighted by molar-refractivity contribution is -0.113. The van der Waals surface area contributed by atoms with Crippen molar-refractivity contribution >= 4 is 5.91 Å². The fraction of sp³-hybridized carbons (Fsp3) is 0.417. The summed E-state index contributed by atoms with van der Waals surface area (Å²) in [5.74, 6) is -3.00. The third kappa shape index (κ3) is 2.05. The fourth-order valence-electron chi connectivity index (χ4n) is 1.76. The first-order valence-corrected chi connectivity index (χ1v) is 5.28. The van der Waals surface area contributed by atoms with E-state index in [9.17, 15) is 13.6 Å². The molecule has 0 atom stereocenters. The number of hydrogen-bond donors (Lipinski definition) is 0. The summed E-state index contributed by atoms with van der Waals surface area (Å²) in [5, 5.41) is 0. The highest BCUT2D eigenvalue weighted by Crippen LogP contribution is 2.28. The first-order chi connectivity index (χ1) is 7.52. The molecule has 0 radical (unpaired) electrons. The number of carbonyl (C=O) groups excluding carboxylic acids is 1. The molecule has 2 nitrogen and oxygen atoms in total. The minimum Gasteiger partial charge on any atom is -0.326 e. The highest BCUT2D eigenvalue weighted by molar-refractivity contribution is 5.95.